The molecule has 0 spiro atoms. The van der Waals surface area contributed by atoms with E-state index >= 15 is 0 Å². The number of carbonyl (C=O) groups is 1. The van der Waals surface area contributed by atoms with Crippen LogP contribution in [0.25, 0.3) is 10.2 Å². The predicted molar refractivity (Wildman–Crippen MR) is 110 cm³/mol. The number of nitro groups is 1. The van der Waals surface area contributed by atoms with E-state index in [-0.39, 0.29) is 11.3 Å². The second-order valence-corrected chi connectivity index (χ2v) is 7.53. The predicted octanol–water partition coefficient (Wildman–Crippen LogP) is 2.23. The summed E-state index contributed by atoms with van der Waals surface area (Å²) in [6.45, 7) is 2.31. The number of anilines is 1. The number of nitro benzene ring substituents is 1. The van der Waals surface area contributed by atoms with Crippen LogP contribution in [0.4, 0.5) is 11.4 Å². The first kappa shape index (κ1) is 19.1. The lowest BCUT2D eigenvalue weighted by molar-refractivity contribution is -0.384. The number of carbonyl (C=O) groups excluding carboxylic acids is 1. The van der Waals surface area contributed by atoms with Crippen molar-refractivity contribution in [2.45, 2.75) is 0 Å². The van der Waals surface area contributed by atoms with Gasteiger partial charge in [0.05, 0.1) is 39.6 Å². The molecule has 1 aliphatic rings. The number of rotatable bonds is 4. The van der Waals surface area contributed by atoms with E-state index in [9.17, 15) is 14.9 Å². The van der Waals surface area contributed by atoms with Crippen LogP contribution in [-0.2, 0) is 11.8 Å². The van der Waals surface area contributed by atoms with Gasteiger partial charge in [-0.3, -0.25) is 14.9 Å². The Bertz CT molecular complexity index is 1150. The number of thiazole rings is 1. The summed E-state index contributed by atoms with van der Waals surface area (Å²) in [6, 6.07) is 12.2. The van der Waals surface area contributed by atoms with Gasteiger partial charge in [-0.1, -0.05) is 23.5 Å². The van der Waals surface area contributed by atoms with Gasteiger partial charge in [0.15, 0.2) is 0 Å². The molecule has 4 rings (SSSR count). The number of ether oxygens (including phenoxy) is 1. The molecule has 150 valence electrons. The topological polar surface area (TPSA) is 102 Å². The molecule has 9 nitrogen and oxygen atoms in total. The summed E-state index contributed by atoms with van der Waals surface area (Å²) in [4.78, 5) is 26.2. The van der Waals surface area contributed by atoms with E-state index in [1.54, 1.807) is 6.07 Å². The van der Waals surface area contributed by atoms with Crippen molar-refractivity contribution >= 4 is 38.8 Å². The number of aryl methyl sites for hydroxylation is 1. The van der Waals surface area contributed by atoms with Gasteiger partial charge < -0.3 is 14.2 Å². The molecule has 2 heterocycles. The van der Waals surface area contributed by atoms with Crippen LogP contribution in [0.5, 0.6) is 0 Å². The Morgan fingerprint density at radius 3 is 2.72 bits per heavy atom. The van der Waals surface area contributed by atoms with Gasteiger partial charge in [0, 0.05) is 32.3 Å². The van der Waals surface area contributed by atoms with Crippen LogP contribution in [0.1, 0.15) is 10.4 Å². The number of hydrogen-bond donors (Lipinski definition) is 1. The first-order valence-corrected chi connectivity index (χ1v) is 9.86. The van der Waals surface area contributed by atoms with E-state index < -0.39 is 10.8 Å². The Balaban J connectivity index is 1.68. The number of amides is 1. The van der Waals surface area contributed by atoms with Crippen LogP contribution in [0.3, 0.4) is 0 Å². The number of nitrogens with zero attached hydrogens (tertiary/aromatic N) is 4. The van der Waals surface area contributed by atoms with E-state index in [1.165, 1.54) is 23.5 Å². The number of non-ortho nitro benzene ring substituents is 1. The first-order valence-electron chi connectivity index (χ1n) is 9.04. The van der Waals surface area contributed by atoms with Crippen LogP contribution in [0.15, 0.2) is 47.6 Å². The van der Waals surface area contributed by atoms with Gasteiger partial charge in [0.25, 0.3) is 11.6 Å². The zero-order valence-electron chi connectivity index (χ0n) is 15.7. The molecule has 1 aliphatic heterocycles. The lowest BCUT2D eigenvalue weighted by Crippen LogP contribution is -2.37. The molecule has 0 aliphatic carbocycles. The molecule has 2 aromatic carbocycles. The fourth-order valence-corrected chi connectivity index (χ4v) is 4.23. The van der Waals surface area contributed by atoms with E-state index in [0.29, 0.717) is 36.8 Å². The highest BCUT2D eigenvalue weighted by Gasteiger charge is 2.22. The molecule has 0 unspecified atom stereocenters. The van der Waals surface area contributed by atoms with Gasteiger partial charge in [-0.25, -0.2) is 5.43 Å². The van der Waals surface area contributed by atoms with Crippen molar-refractivity contribution < 1.29 is 14.5 Å². The Hall–Kier alpha value is -3.24. The van der Waals surface area contributed by atoms with E-state index in [2.05, 4.69) is 10.5 Å². The zero-order valence-corrected chi connectivity index (χ0v) is 16.5. The fourth-order valence-electron chi connectivity index (χ4n) is 3.25. The second-order valence-electron chi connectivity index (χ2n) is 6.52. The molecule has 3 aromatic rings. The number of fused-ring (bicyclic) bond motifs is 1. The quantitative estimate of drug-likeness (QED) is 0.522. The van der Waals surface area contributed by atoms with E-state index in [1.807, 2.05) is 40.8 Å². The maximum Gasteiger partial charge on any atom is 0.273 e. The minimum atomic E-state index is -0.511. The molecule has 1 aromatic heterocycles. The van der Waals surface area contributed by atoms with Crippen molar-refractivity contribution in [2.75, 3.05) is 31.2 Å². The molecule has 10 heteroatoms. The van der Waals surface area contributed by atoms with Crippen molar-refractivity contribution in [3.8, 4) is 0 Å². The number of para-hydroxylation sites is 1. The lowest BCUT2D eigenvalue weighted by atomic mass is 10.1. The van der Waals surface area contributed by atoms with E-state index in [4.69, 9.17) is 4.74 Å². The summed E-state index contributed by atoms with van der Waals surface area (Å²) >= 11 is 1.45. The van der Waals surface area contributed by atoms with Crippen molar-refractivity contribution in [3.63, 3.8) is 0 Å². The number of nitrogens with one attached hydrogen (secondary N) is 1. The summed E-state index contributed by atoms with van der Waals surface area (Å²) in [5.74, 6) is -0.493. The van der Waals surface area contributed by atoms with Crippen molar-refractivity contribution in [1.29, 1.82) is 0 Å². The van der Waals surface area contributed by atoms with Crippen molar-refractivity contribution in [3.05, 3.63) is 62.9 Å². The van der Waals surface area contributed by atoms with Crippen molar-refractivity contribution in [1.82, 2.24) is 9.99 Å². The van der Waals surface area contributed by atoms with Gasteiger partial charge in [0.1, 0.15) is 0 Å². The van der Waals surface area contributed by atoms with Crippen LogP contribution in [0.2, 0.25) is 0 Å². The molecule has 1 fully saturated rings. The monoisotopic (exact) mass is 413 g/mol. The van der Waals surface area contributed by atoms with Gasteiger partial charge in [-0.2, -0.15) is 0 Å². The van der Waals surface area contributed by atoms with Crippen LogP contribution in [-0.4, -0.2) is 41.7 Å². The van der Waals surface area contributed by atoms with Crippen LogP contribution >= 0.6 is 11.3 Å². The summed E-state index contributed by atoms with van der Waals surface area (Å²) in [7, 11) is 1.87. The van der Waals surface area contributed by atoms with Crippen LogP contribution in [0, 0.1) is 10.1 Å². The molecule has 1 saturated heterocycles. The first-order chi connectivity index (χ1) is 14.0. The van der Waals surface area contributed by atoms with Gasteiger partial charge in [0.2, 0.25) is 4.80 Å². The third-order valence-corrected chi connectivity index (χ3v) is 5.87. The van der Waals surface area contributed by atoms with Crippen molar-refractivity contribution in [2.24, 2.45) is 12.1 Å². The Morgan fingerprint density at radius 2 is 2.00 bits per heavy atom. The lowest BCUT2D eigenvalue weighted by Gasteiger charge is -2.30. The normalized spacial score (nSPS) is 14.9. The maximum atomic E-state index is 12.9. The second kappa shape index (κ2) is 8.02. The SMILES string of the molecule is Cn1/c(=N\NC(=O)c2cc([N+](=O)[O-])ccc2N2CCOCC2)sc2ccccc21. The zero-order chi connectivity index (χ0) is 20.4. The molecular weight excluding hydrogens is 394 g/mol. The largest absolute Gasteiger partial charge is 0.378 e. The third-order valence-electron chi connectivity index (χ3n) is 4.76. The number of morpholine rings is 1. The number of aromatic nitrogens is 1. The summed E-state index contributed by atoms with van der Waals surface area (Å²) in [6.07, 6.45) is 0. The van der Waals surface area contributed by atoms with Gasteiger partial charge in [-0.05, 0) is 18.2 Å². The fraction of sp³-hybridized carbons (Fsp3) is 0.263. The highest BCUT2D eigenvalue weighted by Crippen LogP contribution is 2.26. The molecule has 0 bridgehead atoms. The maximum absolute atomic E-state index is 12.9. The Kier molecular flexibility index (Phi) is 5.28. The highest BCUT2D eigenvalue weighted by molar-refractivity contribution is 7.16. The summed E-state index contributed by atoms with van der Waals surface area (Å²) in [5, 5.41) is 15.5. The average molecular weight is 413 g/mol. The molecule has 0 atom stereocenters. The van der Waals surface area contributed by atoms with Gasteiger partial charge >= 0.3 is 0 Å². The molecule has 0 saturated carbocycles. The number of hydrogen-bond acceptors (Lipinski definition) is 7. The van der Waals surface area contributed by atoms with E-state index in [0.717, 1.165) is 10.2 Å². The smallest absolute Gasteiger partial charge is 0.273 e. The Morgan fingerprint density at radius 1 is 1.24 bits per heavy atom. The van der Waals surface area contributed by atoms with Crippen LogP contribution < -0.4 is 15.1 Å². The highest BCUT2D eigenvalue weighted by atomic mass is 32.1. The summed E-state index contributed by atoms with van der Waals surface area (Å²) in [5.41, 5.74) is 4.28. The van der Waals surface area contributed by atoms with Gasteiger partial charge in [-0.15, -0.1) is 5.10 Å². The minimum Gasteiger partial charge on any atom is -0.378 e. The molecule has 29 heavy (non-hydrogen) atoms. The minimum absolute atomic E-state index is 0.139. The molecular formula is C19H19N5O4S. The summed E-state index contributed by atoms with van der Waals surface area (Å²) < 4.78 is 8.29. The molecule has 1 N–H and O–H groups in total. The average Bonchev–Trinajstić information content (AvgIpc) is 3.08. The number of benzene rings is 2. The Labute approximate surface area is 170 Å². The molecule has 1 amide bonds. The third kappa shape index (κ3) is 3.84. The molecule has 0 radical (unpaired) electrons. The standard InChI is InChI=1S/C19H19N5O4S/c1-22-16-4-2-3-5-17(16)29-19(22)21-20-18(25)14-12-13(24(26)27)6-7-15(14)23-8-10-28-11-9-23/h2-7,12H,8-11H2,1H3,(H,20,25)/b21-19+.